The van der Waals surface area contributed by atoms with Gasteiger partial charge in [-0.15, -0.1) is 0 Å². The van der Waals surface area contributed by atoms with Gasteiger partial charge in [0.2, 0.25) is 5.91 Å². The highest BCUT2D eigenvalue weighted by Crippen LogP contribution is 2.55. The third-order valence-corrected chi connectivity index (χ3v) is 5.78. The second-order valence-electron chi connectivity index (χ2n) is 6.90. The van der Waals surface area contributed by atoms with Crippen molar-refractivity contribution in [2.45, 2.75) is 70.6 Å². The van der Waals surface area contributed by atoms with Crippen molar-refractivity contribution in [2.24, 2.45) is 5.41 Å². The summed E-state index contributed by atoms with van der Waals surface area (Å²) in [7, 11) is 1.97. The van der Waals surface area contributed by atoms with E-state index >= 15 is 0 Å². The molecule has 0 saturated heterocycles. The maximum atomic E-state index is 12.6. The minimum absolute atomic E-state index is 0.199. The lowest BCUT2D eigenvalue weighted by Crippen LogP contribution is -2.65. The van der Waals surface area contributed by atoms with Crippen LogP contribution in [0.2, 0.25) is 0 Å². The van der Waals surface area contributed by atoms with Gasteiger partial charge in [-0.2, -0.15) is 5.10 Å². The number of aromatic nitrogens is 3. The minimum Gasteiger partial charge on any atom is -0.378 e. The maximum Gasteiger partial charge on any atom is 0.224 e. The van der Waals surface area contributed by atoms with Gasteiger partial charge in [0.15, 0.2) is 0 Å². The molecule has 1 aromatic rings. The van der Waals surface area contributed by atoms with Crippen LogP contribution in [0.5, 0.6) is 0 Å². The number of amides is 1. The van der Waals surface area contributed by atoms with Crippen LogP contribution in [0.4, 0.5) is 0 Å². The lowest BCUT2D eigenvalue weighted by atomic mass is 9.54. The number of aryl methyl sites for hydroxylation is 1. The van der Waals surface area contributed by atoms with Gasteiger partial charge in [-0.1, -0.05) is 19.3 Å². The second-order valence-corrected chi connectivity index (χ2v) is 6.90. The van der Waals surface area contributed by atoms with Crippen LogP contribution >= 0.6 is 0 Å². The molecule has 2 fully saturated rings. The Kier molecular flexibility index (Phi) is 4.99. The van der Waals surface area contributed by atoms with Crippen LogP contribution in [-0.4, -0.2) is 51.4 Å². The summed E-state index contributed by atoms with van der Waals surface area (Å²) in [5.74, 6) is 0.199. The predicted octanol–water partition coefficient (Wildman–Crippen LogP) is 2.25. The smallest absolute Gasteiger partial charge is 0.224 e. The number of ether oxygens (including phenoxy) is 1. The predicted molar refractivity (Wildman–Crippen MR) is 86.7 cm³/mol. The third kappa shape index (κ3) is 3.13. The molecule has 1 heterocycles. The Morgan fingerprint density at radius 3 is 2.83 bits per heavy atom. The van der Waals surface area contributed by atoms with E-state index in [0.29, 0.717) is 25.1 Å². The van der Waals surface area contributed by atoms with Gasteiger partial charge in [0.25, 0.3) is 0 Å². The van der Waals surface area contributed by atoms with Crippen molar-refractivity contribution < 1.29 is 9.53 Å². The first-order valence-electron chi connectivity index (χ1n) is 8.87. The van der Waals surface area contributed by atoms with Gasteiger partial charge < -0.3 is 9.64 Å². The molecule has 2 aliphatic carbocycles. The van der Waals surface area contributed by atoms with E-state index < -0.39 is 0 Å². The molecule has 1 spiro atoms. The van der Waals surface area contributed by atoms with Crippen LogP contribution in [0.25, 0.3) is 0 Å². The average Bonchev–Trinajstić information content (AvgIpc) is 3.10. The standard InChI is InChI=1S/C17H28N4O2/c1-3-23-15-11-14(17(15)8-5-4-6-9-17)20(2)16(22)7-10-21-13-18-12-19-21/h12-15H,3-11H2,1-2H3/t14-,15+/m0/s1. The summed E-state index contributed by atoms with van der Waals surface area (Å²) in [6, 6.07) is 0.336. The molecular formula is C17H28N4O2. The fraction of sp³-hybridized carbons (Fsp3) is 0.824. The van der Waals surface area contributed by atoms with E-state index in [4.69, 9.17) is 4.74 Å². The summed E-state index contributed by atoms with van der Waals surface area (Å²) in [5.41, 5.74) is 0.200. The van der Waals surface area contributed by atoms with Crippen molar-refractivity contribution in [3.63, 3.8) is 0 Å². The Balaban J connectivity index is 1.61. The molecule has 6 heteroatoms. The van der Waals surface area contributed by atoms with Crippen LogP contribution < -0.4 is 0 Å². The molecule has 2 saturated carbocycles. The van der Waals surface area contributed by atoms with Crippen molar-refractivity contribution in [1.29, 1.82) is 0 Å². The zero-order valence-electron chi connectivity index (χ0n) is 14.3. The molecular weight excluding hydrogens is 292 g/mol. The molecule has 0 bridgehead atoms. The van der Waals surface area contributed by atoms with E-state index in [0.717, 1.165) is 13.0 Å². The molecule has 0 aliphatic heterocycles. The fourth-order valence-corrected chi connectivity index (χ4v) is 4.48. The number of carbonyl (C=O) groups excluding carboxylic acids is 1. The SMILES string of the molecule is CCO[C@@H]1C[C@H](N(C)C(=O)CCn2cncn2)C12CCCCC2. The highest BCUT2D eigenvalue weighted by molar-refractivity contribution is 5.76. The zero-order valence-corrected chi connectivity index (χ0v) is 14.3. The number of nitrogens with zero attached hydrogens (tertiary/aromatic N) is 4. The van der Waals surface area contributed by atoms with Gasteiger partial charge >= 0.3 is 0 Å². The number of hydrogen-bond donors (Lipinski definition) is 0. The fourth-order valence-electron chi connectivity index (χ4n) is 4.48. The summed E-state index contributed by atoms with van der Waals surface area (Å²) < 4.78 is 7.70. The second kappa shape index (κ2) is 6.99. The molecule has 0 unspecified atom stereocenters. The van der Waals surface area contributed by atoms with Gasteiger partial charge in [-0.05, 0) is 26.2 Å². The quantitative estimate of drug-likeness (QED) is 0.806. The molecule has 0 radical (unpaired) electrons. The molecule has 3 rings (SSSR count). The van der Waals surface area contributed by atoms with E-state index in [1.54, 1.807) is 11.0 Å². The van der Waals surface area contributed by atoms with E-state index in [-0.39, 0.29) is 11.3 Å². The largest absolute Gasteiger partial charge is 0.378 e. The van der Waals surface area contributed by atoms with Crippen molar-refractivity contribution in [3.05, 3.63) is 12.7 Å². The van der Waals surface area contributed by atoms with E-state index in [1.165, 1.54) is 38.4 Å². The molecule has 6 nitrogen and oxygen atoms in total. The van der Waals surface area contributed by atoms with Crippen LogP contribution in [0.1, 0.15) is 51.9 Å². The summed E-state index contributed by atoms with van der Waals surface area (Å²) in [6.45, 7) is 3.43. The molecule has 0 aromatic carbocycles. The van der Waals surface area contributed by atoms with Gasteiger partial charge in [0, 0.05) is 31.5 Å². The third-order valence-electron chi connectivity index (χ3n) is 5.78. The molecule has 1 amide bonds. The number of hydrogen-bond acceptors (Lipinski definition) is 4. The van der Waals surface area contributed by atoms with E-state index in [2.05, 4.69) is 17.0 Å². The molecule has 23 heavy (non-hydrogen) atoms. The summed E-state index contributed by atoms with van der Waals surface area (Å²) in [6.07, 6.45) is 11.2. The van der Waals surface area contributed by atoms with Gasteiger partial charge in [0.05, 0.1) is 12.6 Å². The van der Waals surface area contributed by atoms with Crippen molar-refractivity contribution in [1.82, 2.24) is 19.7 Å². The van der Waals surface area contributed by atoms with Crippen molar-refractivity contribution >= 4 is 5.91 Å². The normalized spacial score (nSPS) is 26.0. The van der Waals surface area contributed by atoms with E-state index in [1.807, 2.05) is 11.9 Å². The minimum atomic E-state index is 0.199. The van der Waals surface area contributed by atoms with Crippen LogP contribution in [0.15, 0.2) is 12.7 Å². The van der Waals surface area contributed by atoms with Crippen LogP contribution in [0, 0.1) is 5.41 Å². The van der Waals surface area contributed by atoms with Crippen molar-refractivity contribution in [2.75, 3.05) is 13.7 Å². The maximum absolute atomic E-state index is 12.6. The molecule has 0 N–H and O–H groups in total. The van der Waals surface area contributed by atoms with Gasteiger partial charge in [-0.3, -0.25) is 9.48 Å². The monoisotopic (exact) mass is 320 g/mol. The van der Waals surface area contributed by atoms with E-state index in [9.17, 15) is 4.79 Å². The first kappa shape index (κ1) is 16.4. The Bertz CT molecular complexity index is 511. The molecule has 2 aliphatic rings. The summed E-state index contributed by atoms with van der Waals surface area (Å²) in [5, 5.41) is 4.06. The lowest BCUT2D eigenvalue weighted by Gasteiger charge is -2.60. The summed E-state index contributed by atoms with van der Waals surface area (Å²) in [4.78, 5) is 18.5. The highest BCUT2D eigenvalue weighted by atomic mass is 16.5. The first-order chi connectivity index (χ1) is 11.2. The Morgan fingerprint density at radius 1 is 1.39 bits per heavy atom. The highest BCUT2D eigenvalue weighted by Gasteiger charge is 2.57. The van der Waals surface area contributed by atoms with Crippen molar-refractivity contribution in [3.8, 4) is 0 Å². The van der Waals surface area contributed by atoms with Gasteiger partial charge in [0.1, 0.15) is 12.7 Å². The molecule has 2 atom stereocenters. The number of rotatable bonds is 6. The van der Waals surface area contributed by atoms with Crippen LogP contribution in [0.3, 0.4) is 0 Å². The Morgan fingerprint density at radius 2 is 2.17 bits per heavy atom. The van der Waals surface area contributed by atoms with Gasteiger partial charge in [-0.25, -0.2) is 4.98 Å². The zero-order chi connectivity index (χ0) is 16.3. The lowest BCUT2D eigenvalue weighted by molar-refractivity contribution is -0.185. The topological polar surface area (TPSA) is 60.2 Å². The first-order valence-corrected chi connectivity index (χ1v) is 8.87. The Hall–Kier alpha value is -1.43. The average molecular weight is 320 g/mol. The molecule has 128 valence electrons. The molecule has 1 aromatic heterocycles. The van der Waals surface area contributed by atoms with Crippen LogP contribution in [-0.2, 0) is 16.1 Å². The number of carbonyl (C=O) groups is 1. The summed E-state index contributed by atoms with van der Waals surface area (Å²) >= 11 is 0. The Labute approximate surface area is 138 Å².